The van der Waals surface area contributed by atoms with Crippen molar-refractivity contribution in [2.75, 3.05) is 130 Å². The van der Waals surface area contributed by atoms with Crippen molar-refractivity contribution in [3.63, 3.8) is 0 Å². The van der Waals surface area contributed by atoms with E-state index >= 15 is 0 Å². The Balaban J connectivity index is 0.621. The molecule has 4 fully saturated rings. The summed E-state index contributed by atoms with van der Waals surface area (Å²) in [4.78, 5) is 121. The monoisotopic (exact) mass is 1570 g/mol. The Morgan fingerprint density at radius 2 is 0.776 bits per heavy atom. The molecule has 0 N–H and O–H groups in total. The molecule has 4 aliphatic heterocycles. The standard InChI is InChI=1S/C73H100N8O22S4/c1-70(2,3)102-64(84)54(46-60(82)62-72(7,8)104-50-80(62)106(90,91)58-14-11-24-74-48-58)44-52-16-20-56(21-17-52)100-68(88)78-30-26-76(27-31-78)66(86)98-42-40-96-38-36-94-34-13-35-95-37-39-97-41-43-99-67(87)77-28-32-79(33-29-77)69(89)101-57-22-18-53(19-23-57)45-55(65(85)103-71(4,5)6)47-61(83)63-73(9,10)105-51-81(63)107(92,93)59-15-12-25-75-49-59/h11-12,14-25,48-49,54-55,62-63H,13,26-47,50-51H2,1-10H3/t54-,55-,62-,63-/m1/s1. The molecule has 34 heteroatoms. The predicted octanol–water partition coefficient (Wildman–Crippen LogP) is 8.14. The number of hydrogen-bond donors (Lipinski definition) is 0. The third-order valence-corrected chi connectivity index (χ3v) is 24.2. The Hall–Kier alpha value is -7.54. The van der Waals surface area contributed by atoms with Gasteiger partial charge in [-0.05, 0) is 148 Å². The minimum absolute atomic E-state index is 0.0197. The van der Waals surface area contributed by atoms with Crippen LogP contribution >= 0.6 is 23.5 Å². The van der Waals surface area contributed by atoms with Crippen LogP contribution in [0.25, 0.3) is 0 Å². The number of benzene rings is 2. The van der Waals surface area contributed by atoms with Gasteiger partial charge >= 0.3 is 36.3 Å². The highest BCUT2D eigenvalue weighted by Gasteiger charge is 2.53. The lowest BCUT2D eigenvalue weighted by Gasteiger charge is -2.33. The SMILES string of the molecule is CC(C)(C)OC(=O)[C@@H](CC(=O)[C@H]1N(S(=O)(=O)c2cccnc2)CSC1(C)C)Cc1ccc(OC(=O)N2CCN(C(=O)OCCOCCOCCCOCCOCCOC(=O)N3CCN(C(=O)Oc4ccc(C[C@H](CC(=O)[C@H]5N(S(=O)(=O)c6cccnc6)CSC5(C)C)C(=O)OC(C)(C)C)cc4)CC3)CC2)cc1. The van der Waals surface area contributed by atoms with Crippen LogP contribution in [0.15, 0.2) is 107 Å². The first-order valence-corrected chi connectivity index (χ1v) is 40.4. The molecular weight excluding hydrogens is 1470 g/mol. The second-order valence-corrected chi connectivity index (χ2v) is 35.9. The van der Waals surface area contributed by atoms with E-state index in [0.717, 1.165) is 0 Å². The van der Waals surface area contributed by atoms with Gasteiger partial charge in [-0.25, -0.2) is 36.0 Å². The molecule has 4 aromatic rings. The van der Waals surface area contributed by atoms with E-state index in [-0.39, 0.29) is 151 Å². The number of carbonyl (C=O) groups is 8. The van der Waals surface area contributed by atoms with E-state index in [1.807, 2.05) is 27.7 Å². The van der Waals surface area contributed by atoms with Gasteiger partial charge in [-0.3, -0.25) is 29.1 Å². The van der Waals surface area contributed by atoms with E-state index in [4.69, 9.17) is 47.4 Å². The fourth-order valence-corrected chi connectivity index (χ4v) is 18.5. The number of thioether (sulfide) groups is 2. The summed E-state index contributed by atoms with van der Waals surface area (Å²) in [6, 6.07) is 16.8. The predicted molar refractivity (Wildman–Crippen MR) is 394 cm³/mol. The molecule has 0 radical (unpaired) electrons. The zero-order valence-electron chi connectivity index (χ0n) is 62.4. The maximum atomic E-state index is 14.2. The van der Waals surface area contributed by atoms with Crippen LogP contribution < -0.4 is 9.47 Å². The normalized spacial score (nSPS) is 18.4. The van der Waals surface area contributed by atoms with Crippen molar-refractivity contribution in [2.24, 2.45) is 11.8 Å². The Kier molecular flexibility index (Phi) is 30.8. The smallest absolute Gasteiger partial charge is 0.415 e. The molecule has 0 unspecified atom stereocenters. The van der Waals surface area contributed by atoms with Gasteiger partial charge in [0.05, 0.1) is 75.3 Å². The number of piperazine rings is 2. The van der Waals surface area contributed by atoms with Gasteiger partial charge in [0.25, 0.3) is 0 Å². The number of nitrogens with zero attached hydrogens (tertiary/aromatic N) is 8. The second kappa shape index (κ2) is 38.7. The summed E-state index contributed by atoms with van der Waals surface area (Å²) >= 11 is 2.67. The first kappa shape index (κ1) is 85.1. The minimum Gasteiger partial charge on any atom is -0.460 e. The minimum atomic E-state index is -4.09. The average molecular weight is 1570 g/mol. The van der Waals surface area contributed by atoms with E-state index in [1.165, 1.54) is 101 Å². The van der Waals surface area contributed by atoms with Crippen molar-refractivity contribution in [1.82, 2.24) is 38.2 Å². The summed E-state index contributed by atoms with van der Waals surface area (Å²) in [6.45, 7) is 21.7. The number of ether oxygens (including phenoxy) is 10. The molecule has 0 bridgehead atoms. The van der Waals surface area contributed by atoms with Gasteiger partial charge in [0.1, 0.15) is 45.7 Å². The highest BCUT2D eigenvalue weighted by atomic mass is 32.2. The number of amides is 4. The maximum absolute atomic E-state index is 14.2. The Bertz CT molecular complexity index is 3620. The van der Waals surface area contributed by atoms with Crippen LogP contribution in [0.3, 0.4) is 0 Å². The lowest BCUT2D eigenvalue weighted by molar-refractivity contribution is -0.162. The van der Waals surface area contributed by atoms with Crippen LogP contribution in [-0.4, -0.2) is 266 Å². The number of ketones is 2. The number of pyridine rings is 2. The van der Waals surface area contributed by atoms with Crippen molar-refractivity contribution in [2.45, 2.75) is 144 Å². The highest BCUT2D eigenvalue weighted by Crippen LogP contribution is 2.45. The third-order valence-electron chi connectivity index (χ3n) is 17.5. The van der Waals surface area contributed by atoms with Gasteiger partial charge in [0.15, 0.2) is 11.6 Å². The number of esters is 2. The maximum Gasteiger partial charge on any atom is 0.415 e. The summed E-state index contributed by atoms with van der Waals surface area (Å²) in [6.07, 6.45) is 3.35. The summed E-state index contributed by atoms with van der Waals surface area (Å²) in [5.41, 5.74) is -0.407. The van der Waals surface area contributed by atoms with Crippen molar-refractivity contribution in [3.05, 3.63) is 109 Å². The third kappa shape index (κ3) is 25.3. The van der Waals surface area contributed by atoms with Crippen LogP contribution in [-0.2, 0) is 90.0 Å². The van der Waals surface area contributed by atoms with Gasteiger partial charge < -0.3 is 67.0 Å². The first-order chi connectivity index (χ1) is 50.6. The fourth-order valence-electron chi connectivity index (χ4n) is 12.1. The molecule has 107 heavy (non-hydrogen) atoms. The molecule has 8 rings (SSSR count). The molecule has 4 saturated heterocycles. The molecule has 0 spiro atoms. The van der Waals surface area contributed by atoms with Crippen LogP contribution in [0.5, 0.6) is 11.5 Å². The zero-order valence-corrected chi connectivity index (χ0v) is 65.7. The zero-order chi connectivity index (χ0) is 77.7. The molecule has 2 aromatic carbocycles. The molecule has 2 aromatic heterocycles. The largest absolute Gasteiger partial charge is 0.460 e. The summed E-state index contributed by atoms with van der Waals surface area (Å²) in [5, 5.41) is 0. The van der Waals surface area contributed by atoms with E-state index in [0.29, 0.717) is 44.0 Å². The van der Waals surface area contributed by atoms with Crippen molar-refractivity contribution in [1.29, 1.82) is 0 Å². The van der Waals surface area contributed by atoms with Crippen LogP contribution in [0.2, 0.25) is 0 Å². The van der Waals surface area contributed by atoms with Gasteiger partial charge in [-0.15, -0.1) is 23.5 Å². The van der Waals surface area contributed by atoms with Crippen LogP contribution in [0, 0.1) is 11.8 Å². The van der Waals surface area contributed by atoms with Gasteiger partial charge in [0, 0.05) is 113 Å². The van der Waals surface area contributed by atoms with E-state index in [2.05, 4.69) is 9.97 Å². The van der Waals surface area contributed by atoms with E-state index < -0.39 is 113 Å². The molecule has 6 heterocycles. The summed E-state index contributed by atoms with van der Waals surface area (Å²) in [7, 11) is -8.18. The van der Waals surface area contributed by atoms with Crippen LogP contribution in [0.4, 0.5) is 19.2 Å². The molecule has 30 nitrogen and oxygen atoms in total. The number of rotatable bonds is 34. The number of hydrogen-bond acceptors (Lipinski definition) is 26. The lowest BCUT2D eigenvalue weighted by atomic mass is 9.88. The van der Waals surface area contributed by atoms with E-state index in [1.54, 1.807) is 90.1 Å². The Labute approximate surface area is 634 Å². The average Bonchev–Trinajstić information content (AvgIpc) is 1.63. The quantitative estimate of drug-likeness (QED) is 0.0242. The number of carbonyl (C=O) groups excluding carboxylic acids is 8. The number of sulfonamides is 2. The molecule has 4 atom stereocenters. The summed E-state index contributed by atoms with van der Waals surface area (Å²) < 4.78 is 112. The topological polar surface area (TPSA) is 342 Å². The molecule has 0 saturated carbocycles. The van der Waals surface area contributed by atoms with Crippen molar-refractivity contribution in [3.8, 4) is 11.5 Å². The van der Waals surface area contributed by atoms with E-state index in [9.17, 15) is 55.2 Å². The molecular formula is C73H100N8O22S4. The Morgan fingerprint density at radius 1 is 0.458 bits per heavy atom. The number of Topliss-reactive ketones (excluding diaryl/α,β-unsaturated/α-hetero) is 2. The lowest BCUT2D eigenvalue weighted by Crippen LogP contribution is -2.51. The molecule has 0 aliphatic carbocycles. The highest BCUT2D eigenvalue weighted by molar-refractivity contribution is 8.02. The second-order valence-electron chi connectivity index (χ2n) is 28.9. The van der Waals surface area contributed by atoms with Gasteiger partial charge in [-0.2, -0.15) is 8.61 Å². The molecule has 4 amide bonds. The Morgan fingerprint density at radius 3 is 1.09 bits per heavy atom. The fraction of sp³-hybridized carbons (Fsp3) is 0.589. The van der Waals surface area contributed by atoms with Crippen molar-refractivity contribution >= 4 is 91.4 Å². The molecule has 588 valence electrons. The molecule has 4 aliphatic rings. The van der Waals surface area contributed by atoms with Crippen molar-refractivity contribution < 1.29 is 103 Å². The first-order valence-electron chi connectivity index (χ1n) is 35.5. The van der Waals surface area contributed by atoms with Gasteiger partial charge in [0.2, 0.25) is 20.0 Å². The van der Waals surface area contributed by atoms with Gasteiger partial charge in [-0.1, -0.05) is 24.3 Å². The van der Waals surface area contributed by atoms with Crippen LogP contribution in [0.1, 0.15) is 99.6 Å². The summed E-state index contributed by atoms with van der Waals surface area (Å²) in [5.74, 6) is -3.37. The number of aromatic nitrogens is 2.